The van der Waals surface area contributed by atoms with E-state index >= 15 is 0 Å². The third-order valence-corrected chi connectivity index (χ3v) is 4.00. The number of amides is 1. The summed E-state index contributed by atoms with van der Waals surface area (Å²) in [5.74, 6) is -0.815. The van der Waals surface area contributed by atoms with Crippen molar-refractivity contribution >= 4 is 39.1 Å². The van der Waals surface area contributed by atoms with E-state index < -0.39 is 5.82 Å². The van der Waals surface area contributed by atoms with Crippen LogP contribution in [0, 0.1) is 19.7 Å². The number of halogens is 3. The molecule has 2 nitrogen and oxygen atoms in total. The molecular formula is C15H12BrClFNO. The molecule has 0 atom stereocenters. The van der Waals surface area contributed by atoms with Gasteiger partial charge in [0.1, 0.15) is 5.82 Å². The lowest BCUT2D eigenvalue weighted by molar-refractivity contribution is 0.102. The van der Waals surface area contributed by atoms with Crippen molar-refractivity contribution in [3.8, 4) is 0 Å². The minimum absolute atomic E-state index is 0.300. The molecule has 0 radical (unpaired) electrons. The molecule has 2 aromatic rings. The van der Waals surface area contributed by atoms with E-state index in [1.165, 1.54) is 12.1 Å². The van der Waals surface area contributed by atoms with Gasteiger partial charge in [0.25, 0.3) is 5.91 Å². The number of anilines is 1. The lowest BCUT2D eigenvalue weighted by Gasteiger charge is -2.11. The van der Waals surface area contributed by atoms with E-state index in [-0.39, 0.29) is 5.91 Å². The molecule has 0 unspecified atom stereocenters. The molecule has 1 amide bonds. The quantitative estimate of drug-likeness (QED) is 0.796. The van der Waals surface area contributed by atoms with Gasteiger partial charge in [0.15, 0.2) is 0 Å². The predicted molar refractivity (Wildman–Crippen MR) is 83.0 cm³/mol. The Morgan fingerprint density at radius 1 is 1.20 bits per heavy atom. The molecule has 0 spiro atoms. The molecule has 104 valence electrons. The zero-order valence-corrected chi connectivity index (χ0v) is 13.3. The fourth-order valence-corrected chi connectivity index (χ4v) is 2.49. The van der Waals surface area contributed by atoms with Gasteiger partial charge in [0.2, 0.25) is 0 Å². The van der Waals surface area contributed by atoms with E-state index in [0.29, 0.717) is 21.8 Å². The van der Waals surface area contributed by atoms with E-state index in [1.54, 1.807) is 19.1 Å². The summed E-state index contributed by atoms with van der Waals surface area (Å²) in [6.07, 6.45) is 0. The van der Waals surface area contributed by atoms with Gasteiger partial charge in [-0.1, -0.05) is 17.7 Å². The van der Waals surface area contributed by atoms with Crippen molar-refractivity contribution in [1.29, 1.82) is 0 Å². The van der Waals surface area contributed by atoms with Crippen molar-refractivity contribution in [2.75, 3.05) is 5.32 Å². The van der Waals surface area contributed by atoms with E-state index in [1.807, 2.05) is 13.0 Å². The molecule has 0 aromatic heterocycles. The molecule has 0 aliphatic heterocycles. The largest absolute Gasteiger partial charge is 0.321 e. The molecule has 0 fully saturated rings. The zero-order valence-electron chi connectivity index (χ0n) is 10.9. The fourth-order valence-electron chi connectivity index (χ4n) is 1.77. The molecule has 2 rings (SSSR count). The summed E-state index contributed by atoms with van der Waals surface area (Å²) in [6, 6.07) is 7.59. The van der Waals surface area contributed by atoms with E-state index in [0.717, 1.165) is 10.0 Å². The molecule has 0 aliphatic carbocycles. The Hall–Kier alpha value is -1.39. The van der Waals surface area contributed by atoms with Crippen LogP contribution in [0.3, 0.4) is 0 Å². The van der Waals surface area contributed by atoms with Gasteiger partial charge in [-0.15, -0.1) is 0 Å². The van der Waals surface area contributed by atoms with Crippen molar-refractivity contribution in [3.05, 3.63) is 62.3 Å². The Kier molecular flexibility index (Phi) is 4.45. The van der Waals surface area contributed by atoms with Gasteiger partial charge in [-0.05, 0) is 65.2 Å². The highest BCUT2D eigenvalue weighted by Gasteiger charge is 2.13. The second-order valence-corrected chi connectivity index (χ2v) is 5.76. The van der Waals surface area contributed by atoms with Gasteiger partial charge in [-0.25, -0.2) is 4.39 Å². The number of nitrogens with one attached hydrogen (secondary N) is 1. The van der Waals surface area contributed by atoms with Crippen LogP contribution < -0.4 is 5.32 Å². The van der Waals surface area contributed by atoms with Crippen LogP contribution in [-0.2, 0) is 0 Å². The maximum absolute atomic E-state index is 13.2. The highest BCUT2D eigenvalue weighted by Crippen LogP contribution is 2.29. The molecular weight excluding hydrogens is 345 g/mol. The number of carbonyl (C=O) groups is 1. The molecule has 2 aromatic carbocycles. The number of hydrogen-bond acceptors (Lipinski definition) is 1. The summed E-state index contributed by atoms with van der Waals surface area (Å²) in [6.45, 7) is 3.63. The second-order valence-electron chi connectivity index (χ2n) is 4.49. The Bertz CT molecular complexity index is 688. The SMILES string of the molecule is Cc1cc(Br)c(NC(=O)c2cc(F)ccc2C)cc1Cl. The maximum atomic E-state index is 13.2. The molecule has 0 aliphatic rings. The summed E-state index contributed by atoms with van der Waals surface area (Å²) >= 11 is 9.41. The molecule has 1 N–H and O–H groups in total. The van der Waals surface area contributed by atoms with Crippen LogP contribution in [0.2, 0.25) is 5.02 Å². The lowest BCUT2D eigenvalue weighted by Crippen LogP contribution is -2.14. The number of rotatable bonds is 2. The normalized spacial score (nSPS) is 10.4. The Morgan fingerprint density at radius 2 is 1.90 bits per heavy atom. The van der Waals surface area contributed by atoms with Crippen molar-refractivity contribution < 1.29 is 9.18 Å². The van der Waals surface area contributed by atoms with Crippen LogP contribution >= 0.6 is 27.5 Å². The van der Waals surface area contributed by atoms with Crippen molar-refractivity contribution in [1.82, 2.24) is 0 Å². The van der Waals surface area contributed by atoms with Gasteiger partial charge in [-0.3, -0.25) is 4.79 Å². The van der Waals surface area contributed by atoms with E-state index in [2.05, 4.69) is 21.2 Å². The summed E-state index contributed by atoms with van der Waals surface area (Å²) in [7, 11) is 0. The van der Waals surface area contributed by atoms with E-state index in [9.17, 15) is 9.18 Å². The zero-order chi connectivity index (χ0) is 14.9. The minimum atomic E-state index is -0.443. The number of hydrogen-bond donors (Lipinski definition) is 1. The average Bonchev–Trinajstić information content (AvgIpc) is 2.38. The molecule has 0 saturated heterocycles. The van der Waals surface area contributed by atoms with Crippen LogP contribution in [-0.4, -0.2) is 5.91 Å². The fraction of sp³-hybridized carbons (Fsp3) is 0.133. The van der Waals surface area contributed by atoms with E-state index in [4.69, 9.17) is 11.6 Å². The monoisotopic (exact) mass is 355 g/mol. The van der Waals surface area contributed by atoms with Crippen molar-refractivity contribution in [2.24, 2.45) is 0 Å². The summed E-state index contributed by atoms with van der Waals surface area (Å²) < 4.78 is 14.0. The Morgan fingerprint density at radius 3 is 2.60 bits per heavy atom. The van der Waals surface area contributed by atoms with Gasteiger partial charge >= 0.3 is 0 Å². The molecule has 0 saturated carbocycles. The lowest BCUT2D eigenvalue weighted by atomic mass is 10.1. The van der Waals surface area contributed by atoms with Gasteiger partial charge < -0.3 is 5.32 Å². The van der Waals surface area contributed by atoms with Gasteiger partial charge in [0, 0.05) is 15.1 Å². The van der Waals surface area contributed by atoms with Gasteiger partial charge in [0.05, 0.1) is 5.69 Å². The van der Waals surface area contributed by atoms with Crippen LogP contribution in [0.25, 0.3) is 0 Å². The summed E-state index contributed by atoms with van der Waals surface area (Å²) in [4.78, 5) is 12.2. The average molecular weight is 357 g/mol. The molecule has 0 bridgehead atoms. The van der Waals surface area contributed by atoms with Crippen LogP contribution in [0.4, 0.5) is 10.1 Å². The predicted octanol–water partition coefficient (Wildman–Crippen LogP) is 5.11. The topological polar surface area (TPSA) is 29.1 Å². The number of carbonyl (C=O) groups excluding carboxylic acids is 1. The first-order valence-electron chi connectivity index (χ1n) is 5.91. The number of aryl methyl sites for hydroxylation is 2. The van der Waals surface area contributed by atoms with Gasteiger partial charge in [-0.2, -0.15) is 0 Å². The first-order chi connectivity index (χ1) is 9.38. The highest BCUT2D eigenvalue weighted by atomic mass is 79.9. The van der Waals surface area contributed by atoms with Crippen molar-refractivity contribution in [3.63, 3.8) is 0 Å². The molecule has 5 heteroatoms. The van der Waals surface area contributed by atoms with Crippen LogP contribution in [0.15, 0.2) is 34.8 Å². The summed E-state index contributed by atoms with van der Waals surface area (Å²) in [5, 5.41) is 3.28. The third kappa shape index (κ3) is 3.19. The third-order valence-electron chi connectivity index (χ3n) is 2.94. The minimum Gasteiger partial charge on any atom is -0.321 e. The standard InChI is InChI=1S/C15H12BrClFNO/c1-8-3-4-10(18)6-11(8)15(20)19-14-7-13(17)9(2)5-12(14)16/h3-7H,1-2H3,(H,19,20). The smallest absolute Gasteiger partial charge is 0.256 e. The Labute approximate surface area is 130 Å². The molecule has 0 heterocycles. The van der Waals surface area contributed by atoms with Crippen LogP contribution in [0.5, 0.6) is 0 Å². The first kappa shape index (κ1) is 15.0. The Balaban J connectivity index is 2.32. The molecule has 20 heavy (non-hydrogen) atoms. The number of benzene rings is 2. The highest BCUT2D eigenvalue weighted by molar-refractivity contribution is 9.10. The van der Waals surface area contributed by atoms with Crippen molar-refractivity contribution in [2.45, 2.75) is 13.8 Å². The van der Waals surface area contributed by atoms with Crippen LogP contribution in [0.1, 0.15) is 21.5 Å². The first-order valence-corrected chi connectivity index (χ1v) is 7.08. The maximum Gasteiger partial charge on any atom is 0.256 e. The summed E-state index contributed by atoms with van der Waals surface area (Å²) in [5.41, 5.74) is 2.46. The second kappa shape index (κ2) is 5.94.